The zero-order valence-electron chi connectivity index (χ0n) is 19.0. The number of hydrogen-bond acceptors (Lipinski definition) is 2. The van der Waals surface area contributed by atoms with E-state index in [1.165, 1.54) is 56.0 Å². The summed E-state index contributed by atoms with van der Waals surface area (Å²) in [6.45, 7) is 0.193. The smallest absolute Gasteiger partial charge is 0.252 e. The number of fused-ring (bicyclic) bond motifs is 4. The minimum absolute atomic E-state index is 0.193. The molecule has 0 saturated carbocycles. The Morgan fingerprint density at radius 3 is 1.68 bits per heavy atom. The summed E-state index contributed by atoms with van der Waals surface area (Å²) in [7, 11) is 2.18. The van der Waals surface area contributed by atoms with Gasteiger partial charge in [0, 0.05) is 34.1 Å². The van der Waals surface area contributed by atoms with Crippen LogP contribution in [0.4, 0.5) is 34.1 Å². The second kappa shape index (κ2) is 7.43. The summed E-state index contributed by atoms with van der Waals surface area (Å²) in [5.41, 5.74) is 12.7. The molecule has 0 aliphatic carbocycles. The van der Waals surface area contributed by atoms with E-state index >= 15 is 0 Å². The van der Waals surface area contributed by atoms with E-state index in [0.717, 1.165) is 0 Å². The van der Waals surface area contributed by atoms with Gasteiger partial charge in [0.25, 0.3) is 6.71 Å². The molecular formula is C30H22B2N2. The molecular weight excluding hydrogens is 410 g/mol. The second-order valence-electron chi connectivity index (χ2n) is 9.11. The highest BCUT2D eigenvalue weighted by Gasteiger charge is 2.42. The molecule has 5 aromatic carbocycles. The Balaban J connectivity index is 1.59. The molecule has 0 aromatic heterocycles. The fraction of sp³-hybridized carbons (Fsp3) is 0. The first-order chi connectivity index (χ1) is 16.8. The zero-order chi connectivity index (χ0) is 22.6. The lowest BCUT2D eigenvalue weighted by molar-refractivity contribution is 1.25. The van der Waals surface area contributed by atoms with Crippen molar-refractivity contribution in [2.24, 2.45) is 0 Å². The molecule has 2 aliphatic heterocycles. The number of para-hydroxylation sites is 3. The van der Waals surface area contributed by atoms with Crippen molar-refractivity contribution in [3.05, 3.63) is 121 Å². The highest BCUT2D eigenvalue weighted by molar-refractivity contribution is 7.00. The Morgan fingerprint density at radius 1 is 0.471 bits per heavy atom. The van der Waals surface area contributed by atoms with Gasteiger partial charge in [-0.1, -0.05) is 78.3 Å². The summed E-state index contributed by atoms with van der Waals surface area (Å²) >= 11 is 0. The first kappa shape index (κ1) is 19.3. The number of anilines is 6. The Morgan fingerprint density at radius 2 is 1.00 bits per heavy atom. The van der Waals surface area contributed by atoms with Crippen molar-refractivity contribution >= 4 is 70.5 Å². The maximum absolute atomic E-state index is 2.44. The lowest BCUT2D eigenvalue weighted by Crippen LogP contribution is -2.61. The summed E-state index contributed by atoms with van der Waals surface area (Å²) in [4.78, 5) is 4.86. The van der Waals surface area contributed by atoms with E-state index in [4.69, 9.17) is 0 Å². The second-order valence-corrected chi connectivity index (χ2v) is 9.11. The van der Waals surface area contributed by atoms with E-state index in [9.17, 15) is 0 Å². The fourth-order valence-corrected chi connectivity index (χ4v) is 5.70. The van der Waals surface area contributed by atoms with Gasteiger partial charge in [0.05, 0.1) is 0 Å². The summed E-state index contributed by atoms with van der Waals surface area (Å²) in [5.74, 6) is 0. The normalized spacial score (nSPS) is 13.2. The molecule has 2 nitrogen and oxygen atoms in total. The first-order valence-corrected chi connectivity index (χ1v) is 11.8. The summed E-state index contributed by atoms with van der Waals surface area (Å²) in [5, 5.41) is 0. The van der Waals surface area contributed by atoms with Crippen molar-refractivity contribution in [1.82, 2.24) is 0 Å². The molecule has 0 bridgehead atoms. The Kier molecular flexibility index (Phi) is 4.22. The molecule has 0 saturated heterocycles. The van der Waals surface area contributed by atoms with E-state index in [1.807, 2.05) is 0 Å². The van der Waals surface area contributed by atoms with Crippen LogP contribution in [0.2, 0.25) is 0 Å². The molecule has 7 rings (SSSR count). The van der Waals surface area contributed by atoms with Crippen molar-refractivity contribution in [3.63, 3.8) is 0 Å². The van der Waals surface area contributed by atoms with Crippen LogP contribution >= 0.6 is 0 Å². The molecule has 0 fully saturated rings. The lowest BCUT2D eigenvalue weighted by Gasteiger charge is -2.44. The molecule has 34 heavy (non-hydrogen) atoms. The van der Waals surface area contributed by atoms with Crippen LogP contribution in [-0.4, -0.2) is 14.6 Å². The zero-order valence-corrected chi connectivity index (χ0v) is 19.0. The molecule has 0 unspecified atom stereocenters. The summed E-state index contributed by atoms with van der Waals surface area (Å²) < 4.78 is 0. The third-order valence-electron chi connectivity index (χ3n) is 7.09. The maximum atomic E-state index is 2.44. The molecule has 0 spiro atoms. The maximum Gasteiger partial charge on any atom is 0.252 e. The summed E-state index contributed by atoms with van der Waals surface area (Å²) in [6, 6.07) is 44.0. The Hall–Kier alpha value is -4.17. The van der Waals surface area contributed by atoms with E-state index < -0.39 is 0 Å². The van der Waals surface area contributed by atoms with Crippen molar-refractivity contribution in [1.29, 1.82) is 0 Å². The molecule has 0 N–H and O–H groups in total. The van der Waals surface area contributed by atoms with Crippen LogP contribution in [0.15, 0.2) is 121 Å². The van der Waals surface area contributed by atoms with Gasteiger partial charge in [-0.3, -0.25) is 0 Å². The van der Waals surface area contributed by atoms with Crippen molar-refractivity contribution in [2.75, 3.05) is 9.80 Å². The van der Waals surface area contributed by atoms with Gasteiger partial charge in [0.2, 0.25) is 0 Å². The average molecular weight is 432 g/mol. The highest BCUT2D eigenvalue weighted by Crippen LogP contribution is 2.43. The highest BCUT2D eigenvalue weighted by atomic mass is 15.2. The average Bonchev–Trinajstić information content (AvgIpc) is 2.89. The monoisotopic (exact) mass is 432 g/mol. The largest absolute Gasteiger partial charge is 0.311 e. The van der Waals surface area contributed by atoms with Gasteiger partial charge in [0.15, 0.2) is 0 Å². The third kappa shape index (κ3) is 2.72. The molecule has 5 aromatic rings. The standard InChI is InChI=1S/C30H22B2N2/c31-21-18-19-25-29(20-21)34(23-12-5-2-6-13-23)28-17-9-16-27-30(28)32(25)24-14-7-8-15-26(24)33(27)22-10-3-1-4-11-22/h1-20H,31H2. The SMILES string of the molecule is Bc1ccc2c(c1)N(c1ccccc1)c1cccc3c1B2c1ccccc1N3c1ccccc1. The molecule has 0 atom stereocenters. The number of rotatable bonds is 2. The van der Waals surface area contributed by atoms with Crippen LogP contribution in [0.5, 0.6) is 0 Å². The molecule has 4 heteroatoms. The van der Waals surface area contributed by atoms with Gasteiger partial charge in [0.1, 0.15) is 7.85 Å². The molecule has 0 radical (unpaired) electrons. The Bertz CT molecular complexity index is 1530. The number of benzene rings is 5. The van der Waals surface area contributed by atoms with Crippen LogP contribution in [0.3, 0.4) is 0 Å². The van der Waals surface area contributed by atoms with E-state index in [0.29, 0.717) is 0 Å². The molecule has 158 valence electrons. The van der Waals surface area contributed by atoms with Crippen molar-refractivity contribution < 1.29 is 0 Å². The third-order valence-corrected chi connectivity index (χ3v) is 7.09. The minimum atomic E-state index is 0.193. The number of hydrogen-bond donors (Lipinski definition) is 0. The van der Waals surface area contributed by atoms with Gasteiger partial charge in [-0.2, -0.15) is 0 Å². The predicted octanol–water partition coefficient (Wildman–Crippen LogP) is 4.03. The molecule has 2 heterocycles. The summed E-state index contributed by atoms with van der Waals surface area (Å²) in [6.07, 6.45) is 0. The lowest BCUT2D eigenvalue weighted by atomic mass is 9.33. The van der Waals surface area contributed by atoms with Gasteiger partial charge in [-0.15, -0.1) is 0 Å². The topological polar surface area (TPSA) is 6.48 Å². The van der Waals surface area contributed by atoms with Gasteiger partial charge >= 0.3 is 0 Å². The van der Waals surface area contributed by atoms with E-state index in [-0.39, 0.29) is 6.71 Å². The minimum Gasteiger partial charge on any atom is -0.311 e. The van der Waals surface area contributed by atoms with E-state index in [2.05, 4.69) is 139 Å². The first-order valence-electron chi connectivity index (χ1n) is 11.8. The van der Waals surface area contributed by atoms with Crippen LogP contribution in [0.1, 0.15) is 0 Å². The van der Waals surface area contributed by atoms with Crippen LogP contribution < -0.4 is 31.7 Å². The van der Waals surface area contributed by atoms with Crippen LogP contribution in [-0.2, 0) is 0 Å². The van der Waals surface area contributed by atoms with Crippen molar-refractivity contribution in [3.8, 4) is 0 Å². The van der Waals surface area contributed by atoms with E-state index in [1.54, 1.807) is 0 Å². The van der Waals surface area contributed by atoms with Crippen LogP contribution in [0.25, 0.3) is 0 Å². The van der Waals surface area contributed by atoms with Gasteiger partial charge in [-0.05, 0) is 64.9 Å². The molecule has 2 aliphatic rings. The van der Waals surface area contributed by atoms with Crippen molar-refractivity contribution in [2.45, 2.75) is 0 Å². The predicted molar refractivity (Wildman–Crippen MR) is 149 cm³/mol. The quantitative estimate of drug-likeness (QED) is 0.381. The van der Waals surface area contributed by atoms with Crippen LogP contribution in [0, 0.1) is 0 Å². The fourth-order valence-electron chi connectivity index (χ4n) is 5.70. The van der Waals surface area contributed by atoms with Gasteiger partial charge in [-0.25, -0.2) is 0 Å². The number of nitrogens with zero attached hydrogens (tertiary/aromatic N) is 2. The Labute approximate surface area is 201 Å². The molecule has 0 amide bonds. The van der Waals surface area contributed by atoms with Gasteiger partial charge < -0.3 is 9.80 Å².